The van der Waals surface area contributed by atoms with E-state index < -0.39 is 0 Å². The summed E-state index contributed by atoms with van der Waals surface area (Å²) in [5.41, 5.74) is 10.2. The Morgan fingerprint density at radius 2 is 0.837 bits per heavy atom. The molecule has 3 aromatic rings. The van der Waals surface area contributed by atoms with Crippen LogP contribution in [0.15, 0.2) is 60.7 Å². The van der Waals surface area contributed by atoms with Gasteiger partial charge in [0.05, 0.1) is 0 Å². The Morgan fingerprint density at radius 1 is 0.535 bits per heavy atom. The van der Waals surface area contributed by atoms with Gasteiger partial charge in [0, 0.05) is 13.2 Å². The summed E-state index contributed by atoms with van der Waals surface area (Å²) in [5.74, 6) is 1.83. The Kier molecular flexibility index (Phi) is 23.5. The summed E-state index contributed by atoms with van der Waals surface area (Å²) in [7, 11) is 0. The van der Waals surface area contributed by atoms with Crippen LogP contribution >= 0.6 is 0 Å². The van der Waals surface area contributed by atoms with Gasteiger partial charge in [-0.3, -0.25) is 0 Å². The third kappa shape index (κ3) is 13.7. The summed E-state index contributed by atoms with van der Waals surface area (Å²) >= 11 is 0. The molecule has 1 heterocycles. The van der Waals surface area contributed by atoms with Gasteiger partial charge in [-0.2, -0.15) is 0 Å². The van der Waals surface area contributed by atoms with Crippen LogP contribution < -0.4 is 24.8 Å². The Labute approximate surface area is 307 Å². The van der Waals surface area contributed by atoms with E-state index in [1.54, 1.807) is 0 Å². The number of ether oxygens (including phenoxy) is 1. The van der Waals surface area contributed by atoms with E-state index in [-0.39, 0.29) is 70.9 Å². The van der Waals surface area contributed by atoms with Gasteiger partial charge in [0.1, 0.15) is 0 Å². The molecular weight excluding hydrogens is 596 g/mol. The van der Waals surface area contributed by atoms with Crippen molar-refractivity contribution >= 4 is 57.5 Å². The molecule has 228 valence electrons. The number of benzene rings is 3. The van der Waals surface area contributed by atoms with Crippen molar-refractivity contribution in [3.63, 3.8) is 0 Å². The van der Waals surface area contributed by atoms with Crippen molar-refractivity contribution in [3.05, 3.63) is 105 Å². The Balaban J connectivity index is 0. The van der Waals surface area contributed by atoms with E-state index in [4.69, 9.17) is 15.4 Å². The molecule has 4 rings (SSSR count). The zero-order valence-electron chi connectivity index (χ0n) is 27.8. The minimum Gasteiger partial charge on any atom is -1.00 e. The number of hydrogen-bond donors (Lipinski definition) is 0. The molecule has 0 aromatic heterocycles. The minimum atomic E-state index is 0. The third-order valence-corrected chi connectivity index (χ3v) is 7.34. The summed E-state index contributed by atoms with van der Waals surface area (Å²) in [6.45, 7) is 21.4. The van der Waals surface area contributed by atoms with Gasteiger partial charge in [0.15, 0.2) is 0 Å². The van der Waals surface area contributed by atoms with Gasteiger partial charge in [-0.25, -0.2) is 0 Å². The van der Waals surface area contributed by atoms with Crippen molar-refractivity contribution in [1.82, 2.24) is 0 Å². The van der Waals surface area contributed by atoms with Crippen LogP contribution in [0.25, 0.3) is 10.6 Å². The van der Waals surface area contributed by atoms with Crippen LogP contribution in [0.5, 0.6) is 0 Å². The second-order valence-electron chi connectivity index (χ2n) is 12.0. The van der Waals surface area contributed by atoms with Crippen LogP contribution in [0.2, 0.25) is 0 Å². The van der Waals surface area contributed by atoms with Crippen LogP contribution in [0.3, 0.4) is 0 Å². The van der Waals surface area contributed by atoms with E-state index in [1.807, 2.05) is 0 Å². The maximum absolute atomic E-state index is 5.12. The number of nitrogens with zero attached hydrogens (tertiary/aromatic N) is 2. The Morgan fingerprint density at radius 3 is 1.09 bits per heavy atom. The number of rotatable bonds is 10. The third-order valence-electron chi connectivity index (χ3n) is 7.34. The van der Waals surface area contributed by atoms with E-state index >= 15 is 0 Å². The first-order valence-corrected chi connectivity index (χ1v) is 14.9. The van der Waals surface area contributed by atoms with Crippen molar-refractivity contribution < 1.29 is 29.6 Å². The van der Waals surface area contributed by atoms with Crippen LogP contribution in [0.1, 0.15) is 125 Å². The predicted octanol–water partition coefficient (Wildman–Crippen LogP) is 4.63. The van der Waals surface area contributed by atoms with Gasteiger partial charge in [0.25, 0.3) is 0 Å². The molecule has 7 heteroatoms. The average molecular weight is 646 g/mol. The molecular formula is C36H50Cl2Mg2N2O. The van der Waals surface area contributed by atoms with Crippen LogP contribution in [0, 0.1) is 0 Å². The summed E-state index contributed by atoms with van der Waals surface area (Å²) in [4.78, 5) is 0. The molecule has 1 saturated heterocycles. The molecule has 0 atom stereocenters. The van der Waals surface area contributed by atoms with Crippen molar-refractivity contribution in [1.29, 1.82) is 0 Å². The molecule has 0 aliphatic carbocycles. The molecule has 0 amide bonds. The van der Waals surface area contributed by atoms with Crippen LogP contribution in [-0.4, -0.2) is 59.3 Å². The molecule has 1 aliphatic heterocycles. The fourth-order valence-electron chi connectivity index (χ4n) is 5.07. The molecule has 1 aliphatic rings. The quantitative estimate of drug-likeness (QED) is 0.296. The van der Waals surface area contributed by atoms with E-state index in [2.05, 4.69) is 116 Å². The summed E-state index contributed by atoms with van der Waals surface area (Å²) < 4.78 is 4.94. The topological polar surface area (TPSA) is 37.4 Å². The normalized spacial score (nSPS) is 12.0. The zero-order chi connectivity index (χ0) is 28.4. The van der Waals surface area contributed by atoms with Gasteiger partial charge in [-0.05, 0) is 36.5 Å². The second-order valence-corrected chi connectivity index (χ2v) is 12.0. The molecule has 0 N–H and O–H groups in total. The van der Waals surface area contributed by atoms with Crippen molar-refractivity contribution in [2.24, 2.45) is 0 Å². The summed E-state index contributed by atoms with van der Waals surface area (Å²) in [6.07, 6.45) is 2.56. The fraction of sp³-hybridized carbons (Fsp3) is 0.500. The van der Waals surface area contributed by atoms with Crippen LogP contribution in [0.4, 0.5) is 11.4 Å². The zero-order valence-corrected chi connectivity index (χ0v) is 32.1. The smallest absolute Gasteiger partial charge is 1.00 e. The van der Waals surface area contributed by atoms with Gasteiger partial charge >= 0.3 is 46.1 Å². The predicted molar refractivity (Wildman–Crippen MR) is 181 cm³/mol. The van der Waals surface area contributed by atoms with E-state index in [0.29, 0.717) is 36.8 Å². The first-order valence-electron chi connectivity index (χ1n) is 14.9. The molecule has 3 aromatic carbocycles. The average Bonchev–Trinajstić information content (AvgIpc) is 3.51. The standard InChI is InChI=1S/C32H42N2.C4H8O.2ClH.2Mg/c1-21(2)27-14-10-15-28(22(3)4)31(27)33-19-25-12-9-13-26(18-25)20-34-32-29(23(5)6)16-11-17-30(32)24(7)8;1-2-4-5-3-1;;;;/h9-18,21-24H,19-20H2,1-8H3;1-4H2;2*1H;;/q-2;;;;2*+2/p-2. The van der Waals surface area contributed by atoms with Crippen LogP contribution in [-0.2, 0) is 17.8 Å². The molecule has 0 bridgehead atoms. The maximum atomic E-state index is 5.12. The molecule has 0 spiro atoms. The number of hydrogen-bond acceptors (Lipinski definition) is 1. The maximum Gasteiger partial charge on any atom is 2.00 e. The first-order chi connectivity index (χ1) is 18.7. The van der Waals surface area contributed by atoms with Crippen molar-refractivity contribution in [3.8, 4) is 0 Å². The molecule has 0 radical (unpaired) electrons. The van der Waals surface area contributed by atoms with Gasteiger partial charge in [-0.1, -0.05) is 149 Å². The Bertz CT molecular complexity index is 1040. The van der Waals surface area contributed by atoms with E-state index in [1.165, 1.54) is 57.6 Å². The molecule has 43 heavy (non-hydrogen) atoms. The molecule has 0 unspecified atom stereocenters. The van der Waals surface area contributed by atoms with Gasteiger partial charge in [0.2, 0.25) is 0 Å². The minimum absolute atomic E-state index is 0. The number of halogens is 2. The second kappa shape index (κ2) is 22.8. The molecule has 3 nitrogen and oxygen atoms in total. The molecule has 1 fully saturated rings. The largest absolute Gasteiger partial charge is 2.00 e. The molecule has 0 saturated carbocycles. The van der Waals surface area contributed by atoms with Crippen molar-refractivity contribution in [2.45, 2.75) is 105 Å². The fourth-order valence-corrected chi connectivity index (χ4v) is 5.07. The summed E-state index contributed by atoms with van der Waals surface area (Å²) in [5, 5.41) is 10.2. The van der Waals surface area contributed by atoms with E-state index in [0.717, 1.165) is 13.2 Å². The summed E-state index contributed by atoms with van der Waals surface area (Å²) in [6, 6.07) is 22.0. The SMILES string of the molecule is C1CCOC1.CC(C)c1cccc(C(C)C)c1[N-]Cc1cccc(C[N-]c2c(C(C)C)cccc2C(C)C)c1.[Cl-].[Cl-].[Mg+2].[Mg+2]. The first kappa shape index (κ1) is 44.5. The van der Waals surface area contributed by atoms with Gasteiger partial charge in [-0.15, -0.1) is 24.5 Å². The monoisotopic (exact) mass is 644 g/mol. The Hall–Kier alpha value is -0.668. The van der Waals surface area contributed by atoms with Crippen molar-refractivity contribution in [2.75, 3.05) is 13.2 Å². The number of para-hydroxylation sites is 2. The van der Waals surface area contributed by atoms with Gasteiger partial charge < -0.3 is 40.2 Å². The van der Waals surface area contributed by atoms with E-state index in [9.17, 15) is 0 Å².